The van der Waals surface area contributed by atoms with Gasteiger partial charge in [0.15, 0.2) is 0 Å². The summed E-state index contributed by atoms with van der Waals surface area (Å²) in [5.74, 6) is 0.105. The first-order valence-corrected chi connectivity index (χ1v) is 9.77. The van der Waals surface area contributed by atoms with Gasteiger partial charge in [-0.3, -0.25) is 9.59 Å². The molecule has 0 saturated heterocycles. The van der Waals surface area contributed by atoms with Crippen LogP contribution in [-0.2, 0) is 11.4 Å². The van der Waals surface area contributed by atoms with Crippen LogP contribution in [0.3, 0.4) is 0 Å². The molecule has 2 amide bonds. The summed E-state index contributed by atoms with van der Waals surface area (Å²) in [4.78, 5) is 25.1. The molecule has 0 fully saturated rings. The van der Waals surface area contributed by atoms with Crippen molar-refractivity contribution in [1.82, 2.24) is 10.6 Å². The molecule has 0 heterocycles. The Hall–Kier alpha value is -3.16. The lowest BCUT2D eigenvalue weighted by Gasteiger charge is -2.12. The number of ether oxygens (including phenoxy) is 1. The third kappa shape index (κ3) is 7.35. The first-order chi connectivity index (χ1) is 14.4. The van der Waals surface area contributed by atoms with Crippen LogP contribution >= 0.6 is 0 Å². The van der Waals surface area contributed by atoms with E-state index < -0.39 is 11.8 Å². The van der Waals surface area contributed by atoms with E-state index in [1.807, 2.05) is 0 Å². The lowest BCUT2D eigenvalue weighted by Crippen LogP contribution is -2.36. The Balaban J connectivity index is 2.16. The summed E-state index contributed by atoms with van der Waals surface area (Å²) in [5, 5.41) is 23.3. The average molecular weight is 412 g/mol. The van der Waals surface area contributed by atoms with E-state index in [0.717, 1.165) is 5.56 Å². The Kier molecular flexibility index (Phi) is 9.05. The number of carbonyl (C=O) groups excluding carboxylic acids is 2. The molecule has 0 saturated carbocycles. The molecule has 0 aliphatic heterocycles. The molecule has 160 valence electrons. The number of benzene rings is 2. The minimum Gasteiger partial charge on any atom is -0.493 e. The highest BCUT2D eigenvalue weighted by Gasteiger charge is 2.14. The van der Waals surface area contributed by atoms with Gasteiger partial charge in [0.1, 0.15) is 11.4 Å². The molecule has 30 heavy (non-hydrogen) atoms. The van der Waals surface area contributed by atoms with Crippen LogP contribution in [0.5, 0.6) is 5.75 Å². The molecule has 7 heteroatoms. The fraction of sp³-hybridized carbons (Fsp3) is 0.304. The molecule has 0 atom stereocenters. The van der Waals surface area contributed by atoms with E-state index in [1.165, 1.54) is 6.08 Å². The molecule has 0 bridgehead atoms. The van der Waals surface area contributed by atoms with Crippen molar-refractivity contribution in [1.29, 1.82) is 0 Å². The van der Waals surface area contributed by atoms with Crippen LogP contribution in [0.1, 0.15) is 35.3 Å². The molecule has 0 aliphatic carbocycles. The monoisotopic (exact) mass is 412 g/mol. The third-order valence-electron chi connectivity index (χ3n) is 4.06. The molecule has 0 radical (unpaired) electrons. The summed E-state index contributed by atoms with van der Waals surface area (Å²) in [6.07, 6.45) is 1.53. The smallest absolute Gasteiger partial charge is 0.267 e. The SMILES string of the molecule is CC(C)COc1ccc(C(=O)NC(=Cc2ccc(CO)cc2)C(=O)NCCO)cc1. The van der Waals surface area contributed by atoms with E-state index in [2.05, 4.69) is 24.5 Å². The average Bonchev–Trinajstić information content (AvgIpc) is 2.76. The summed E-state index contributed by atoms with van der Waals surface area (Å²) >= 11 is 0. The highest BCUT2D eigenvalue weighted by atomic mass is 16.5. The van der Waals surface area contributed by atoms with Gasteiger partial charge in [0.05, 0.1) is 19.8 Å². The third-order valence-corrected chi connectivity index (χ3v) is 4.06. The number of hydrogen-bond acceptors (Lipinski definition) is 5. The van der Waals surface area contributed by atoms with Crippen molar-refractivity contribution in [2.24, 2.45) is 5.92 Å². The second kappa shape index (κ2) is 11.7. The Morgan fingerprint density at radius 2 is 1.70 bits per heavy atom. The van der Waals surface area contributed by atoms with Crippen molar-refractivity contribution in [3.63, 3.8) is 0 Å². The number of aliphatic hydroxyl groups is 2. The van der Waals surface area contributed by atoms with Crippen LogP contribution < -0.4 is 15.4 Å². The maximum Gasteiger partial charge on any atom is 0.267 e. The van der Waals surface area contributed by atoms with Gasteiger partial charge in [0.2, 0.25) is 0 Å². The van der Waals surface area contributed by atoms with Gasteiger partial charge >= 0.3 is 0 Å². The highest BCUT2D eigenvalue weighted by molar-refractivity contribution is 6.05. The van der Waals surface area contributed by atoms with Crippen molar-refractivity contribution in [3.8, 4) is 5.75 Å². The lowest BCUT2D eigenvalue weighted by atomic mass is 10.1. The maximum absolute atomic E-state index is 12.6. The number of rotatable bonds is 10. The van der Waals surface area contributed by atoms with Crippen LogP contribution in [0, 0.1) is 5.92 Å². The molecule has 0 aromatic heterocycles. The van der Waals surface area contributed by atoms with Gasteiger partial charge in [-0.25, -0.2) is 0 Å². The molecule has 0 unspecified atom stereocenters. The van der Waals surface area contributed by atoms with Crippen LogP contribution in [0.2, 0.25) is 0 Å². The summed E-state index contributed by atoms with van der Waals surface area (Å²) in [6, 6.07) is 13.6. The largest absolute Gasteiger partial charge is 0.493 e. The van der Waals surface area contributed by atoms with E-state index in [0.29, 0.717) is 29.4 Å². The van der Waals surface area contributed by atoms with Gasteiger partial charge in [-0.1, -0.05) is 38.1 Å². The van der Waals surface area contributed by atoms with Gasteiger partial charge in [-0.2, -0.15) is 0 Å². The van der Waals surface area contributed by atoms with E-state index in [-0.39, 0.29) is 25.5 Å². The molecule has 4 N–H and O–H groups in total. The summed E-state index contributed by atoms with van der Waals surface area (Å²) in [6.45, 7) is 4.46. The van der Waals surface area contributed by atoms with Crippen LogP contribution in [0.25, 0.3) is 6.08 Å². The van der Waals surface area contributed by atoms with E-state index in [4.69, 9.17) is 14.9 Å². The van der Waals surface area contributed by atoms with Gasteiger partial charge in [-0.05, 0) is 47.4 Å². The zero-order valence-corrected chi connectivity index (χ0v) is 17.2. The number of aliphatic hydroxyl groups excluding tert-OH is 2. The van der Waals surface area contributed by atoms with Crippen molar-refractivity contribution in [2.45, 2.75) is 20.5 Å². The van der Waals surface area contributed by atoms with E-state index in [9.17, 15) is 9.59 Å². The number of nitrogens with one attached hydrogen (secondary N) is 2. The van der Waals surface area contributed by atoms with E-state index >= 15 is 0 Å². The van der Waals surface area contributed by atoms with Gasteiger partial charge < -0.3 is 25.6 Å². The van der Waals surface area contributed by atoms with Crippen LogP contribution in [0.4, 0.5) is 0 Å². The quantitative estimate of drug-likeness (QED) is 0.447. The summed E-state index contributed by atoms with van der Waals surface area (Å²) in [7, 11) is 0. The first-order valence-electron chi connectivity index (χ1n) is 9.77. The van der Waals surface area contributed by atoms with Crippen molar-refractivity contribution in [2.75, 3.05) is 19.8 Å². The number of carbonyl (C=O) groups is 2. The first kappa shape index (κ1) is 23.1. The number of amides is 2. The fourth-order valence-corrected chi connectivity index (χ4v) is 2.47. The van der Waals surface area contributed by atoms with Crippen molar-refractivity contribution < 1.29 is 24.5 Å². The second-order valence-corrected chi connectivity index (χ2v) is 7.12. The normalized spacial score (nSPS) is 11.3. The predicted octanol–water partition coefficient (Wildman–Crippen LogP) is 2.09. The Bertz CT molecular complexity index is 858. The second-order valence-electron chi connectivity index (χ2n) is 7.12. The Labute approximate surface area is 176 Å². The molecule has 0 aliphatic rings. The highest BCUT2D eigenvalue weighted by Crippen LogP contribution is 2.14. The van der Waals surface area contributed by atoms with Gasteiger partial charge in [-0.15, -0.1) is 0 Å². The minimum atomic E-state index is -0.513. The molecule has 2 rings (SSSR count). The minimum absolute atomic E-state index is 0.0466. The Morgan fingerprint density at radius 1 is 1.03 bits per heavy atom. The molecule has 7 nitrogen and oxygen atoms in total. The van der Waals surface area contributed by atoms with Gasteiger partial charge in [0, 0.05) is 12.1 Å². The number of hydrogen-bond donors (Lipinski definition) is 4. The summed E-state index contributed by atoms with van der Waals surface area (Å²) < 4.78 is 5.61. The molecule has 2 aromatic rings. The summed E-state index contributed by atoms with van der Waals surface area (Å²) in [5.41, 5.74) is 1.84. The van der Waals surface area contributed by atoms with Gasteiger partial charge in [0.25, 0.3) is 11.8 Å². The predicted molar refractivity (Wildman–Crippen MR) is 115 cm³/mol. The van der Waals surface area contributed by atoms with Crippen molar-refractivity contribution >= 4 is 17.9 Å². The van der Waals surface area contributed by atoms with Crippen molar-refractivity contribution in [3.05, 3.63) is 70.9 Å². The van der Waals surface area contributed by atoms with E-state index in [1.54, 1.807) is 48.5 Å². The standard InChI is InChI=1S/C23H28N2O5/c1-16(2)15-30-20-9-7-19(8-10-20)22(28)25-21(23(29)24-11-12-26)13-17-3-5-18(14-27)6-4-17/h3-10,13,16,26-27H,11-12,14-15H2,1-2H3,(H,24,29)(H,25,28). The maximum atomic E-state index is 12.6. The van der Waals surface area contributed by atoms with Crippen LogP contribution in [0.15, 0.2) is 54.2 Å². The molecular weight excluding hydrogens is 384 g/mol. The zero-order chi connectivity index (χ0) is 21.9. The fourth-order valence-electron chi connectivity index (χ4n) is 2.47. The van der Waals surface area contributed by atoms with Crippen LogP contribution in [-0.4, -0.2) is 41.8 Å². The Morgan fingerprint density at radius 3 is 2.27 bits per heavy atom. The molecule has 0 spiro atoms. The topological polar surface area (TPSA) is 108 Å². The molecule has 2 aromatic carbocycles. The lowest BCUT2D eigenvalue weighted by molar-refractivity contribution is -0.117. The molecular formula is C23H28N2O5. The zero-order valence-electron chi connectivity index (χ0n) is 17.2.